The molecule has 1 amide bonds. The number of halogens is 1. The molecule has 1 aromatic heterocycles. The summed E-state index contributed by atoms with van der Waals surface area (Å²) in [4.78, 5) is 24.5. The molecule has 8 heteroatoms. The van der Waals surface area contributed by atoms with Gasteiger partial charge in [0.2, 0.25) is 5.91 Å². The van der Waals surface area contributed by atoms with Gasteiger partial charge in [0.1, 0.15) is 0 Å². The number of hydrogen-bond donors (Lipinski definition) is 2. The average Bonchev–Trinajstić information content (AvgIpc) is 2.88. The fourth-order valence-electron chi connectivity index (χ4n) is 2.19. The van der Waals surface area contributed by atoms with Crippen LogP contribution < -0.4 is 11.0 Å². The number of nitrogens with one attached hydrogen (secondary N) is 2. The molecule has 1 heterocycles. The molecule has 0 radical (unpaired) electrons. The lowest BCUT2D eigenvalue weighted by Crippen LogP contribution is -2.30. The molecule has 0 saturated heterocycles. The van der Waals surface area contributed by atoms with Crippen LogP contribution in [0, 0.1) is 5.92 Å². The monoisotopic (exact) mass is 368 g/mol. The van der Waals surface area contributed by atoms with Gasteiger partial charge in [0.05, 0.1) is 16.0 Å². The standard InChI is InChI=1S/C16H21ClN4O2S/c1-4-9-21-15(23)19-20-16(21)24-13(10(2)3)14(22)18-12-8-6-5-7-11(12)17/h5-8,10,13H,4,9H2,1-3H3,(H,18,22)(H,19,23). The first-order valence-electron chi connectivity index (χ1n) is 7.81. The Balaban J connectivity index is 2.19. The number of nitrogens with zero attached hydrogens (tertiary/aromatic N) is 2. The Hall–Kier alpha value is -1.73. The molecule has 0 fully saturated rings. The molecular formula is C16H21ClN4O2S. The van der Waals surface area contributed by atoms with E-state index in [1.165, 1.54) is 11.8 Å². The van der Waals surface area contributed by atoms with E-state index >= 15 is 0 Å². The third-order valence-corrected chi connectivity index (χ3v) is 5.26. The molecule has 1 atom stereocenters. The lowest BCUT2D eigenvalue weighted by atomic mass is 10.1. The van der Waals surface area contributed by atoms with E-state index in [0.717, 1.165) is 6.42 Å². The van der Waals surface area contributed by atoms with Crippen molar-refractivity contribution in [2.24, 2.45) is 5.92 Å². The zero-order valence-electron chi connectivity index (χ0n) is 13.9. The topological polar surface area (TPSA) is 79.8 Å². The summed E-state index contributed by atoms with van der Waals surface area (Å²) in [7, 11) is 0. The molecule has 0 saturated carbocycles. The van der Waals surface area contributed by atoms with E-state index in [0.29, 0.717) is 22.4 Å². The van der Waals surface area contributed by atoms with E-state index in [1.807, 2.05) is 26.8 Å². The van der Waals surface area contributed by atoms with Crippen LogP contribution >= 0.6 is 23.4 Å². The minimum absolute atomic E-state index is 0.0550. The molecule has 1 aromatic carbocycles. The number of carbonyl (C=O) groups excluding carboxylic acids is 1. The number of para-hydroxylation sites is 1. The SMILES string of the molecule is CCCn1c(SC(C(=O)Nc2ccccc2Cl)C(C)C)n[nH]c1=O. The lowest BCUT2D eigenvalue weighted by molar-refractivity contribution is -0.116. The Bertz CT molecular complexity index is 757. The second-order valence-corrected chi connectivity index (χ2v) is 7.23. The van der Waals surface area contributed by atoms with Gasteiger partial charge in [-0.2, -0.15) is 0 Å². The minimum Gasteiger partial charge on any atom is -0.324 e. The number of rotatable bonds is 7. The van der Waals surface area contributed by atoms with Crippen LogP contribution in [0.3, 0.4) is 0 Å². The van der Waals surface area contributed by atoms with Crippen molar-refractivity contribution in [3.8, 4) is 0 Å². The maximum absolute atomic E-state index is 12.7. The van der Waals surface area contributed by atoms with Gasteiger partial charge in [-0.1, -0.05) is 56.3 Å². The first-order chi connectivity index (χ1) is 11.4. The van der Waals surface area contributed by atoms with E-state index in [2.05, 4.69) is 15.5 Å². The molecular weight excluding hydrogens is 348 g/mol. The fourth-order valence-corrected chi connectivity index (χ4v) is 3.43. The summed E-state index contributed by atoms with van der Waals surface area (Å²) in [5.74, 6) is -0.110. The highest BCUT2D eigenvalue weighted by atomic mass is 35.5. The Morgan fingerprint density at radius 3 is 2.75 bits per heavy atom. The Morgan fingerprint density at radius 1 is 1.42 bits per heavy atom. The van der Waals surface area contributed by atoms with Gasteiger partial charge in [0, 0.05) is 6.54 Å². The normalized spacial score (nSPS) is 12.4. The number of aromatic nitrogens is 3. The molecule has 0 spiro atoms. The van der Waals surface area contributed by atoms with Crippen LogP contribution in [0.15, 0.2) is 34.2 Å². The smallest absolute Gasteiger partial charge is 0.324 e. The molecule has 2 rings (SSSR count). The van der Waals surface area contributed by atoms with E-state index in [4.69, 9.17) is 11.6 Å². The number of H-pyrrole nitrogens is 1. The van der Waals surface area contributed by atoms with Crippen molar-refractivity contribution >= 4 is 35.0 Å². The molecule has 6 nitrogen and oxygen atoms in total. The van der Waals surface area contributed by atoms with Crippen molar-refractivity contribution in [1.82, 2.24) is 14.8 Å². The minimum atomic E-state index is -0.396. The zero-order chi connectivity index (χ0) is 17.7. The second kappa shape index (κ2) is 8.39. The van der Waals surface area contributed by atoms with Crippen LogP contribution in [0.1, 0.15) is 27.2 Å². The van der Waals surface area contributed by atoms with Gasteiger partial charge in [-0.25, -0.2) is 9.89 Å². The number of thioether (sulfide) groups is 1. The number of hydrogen-bond acceptors (Lipinski definition) is 4. The third-order valence-electron chi connectivity index (χ3n) is 3.40. The first-order valence-corrected chi connectivity index (χ1v) is 9.07. The van der Waals surface area contributed by atoms with Gasteiger partial charge in [-0.3, -0.25) is 9.36 Å². The Labute approximate surface area is 150 Å². The van der Waals surface area contributed by atoms with Crippen molar-refractivity contribution in [1.29, 1.82) is 0 Å². The van der Waals surface area contributed by atoms with Gasteiger partial charge < -0.3 is 5.32 Å². The molecule has 0 aliphatic heterocycles. The van der Waals surface area contributed by atoms with E-state index in [9.17, 15) is 9.59 Å². The second-order valence-electron chi connectivity index (χ2n) is 5.71. The van der Waals surface area contributed by atoms with Gasteiger partial charge in [-0.05, 0) is 24.5 Å². The van der Waals surface area contributed by atoms with E-state index in [1.54, 1.807) is 22.8 Å². The summed E-state index contributed by atoms with van der Waals surface area (Å²) in [5, 5.41) is 9.96. The predicted octanol–water partition coefficient (Wildman–Crippen LogP) is 3.39. The molecule has 1 unspecified atom stereocenters. The highest BCUT2D eigenvalue weighted by Gasteiger charge is 2.26. The van der Waals surface area contributed by atoms with Crippen LogP contribution in [-0.4, -0.2) is 25.9 Å². The highest BCUT2D eigenvalue weighted by molar-refractivity contribution is 8.00. The fraction of sp³-hybridized carbons (Fsp3) is 0.438. The summed E-state index contributed by atoms with van der Waals surface area (Å²) < 4.78 is 1.56. The lowest BCUT2D eigenvalue weighted by Gasteiger charge is -2.19. The van der Waals surface area contributed by atoms with Crippen molar-refractivity contribution in [2.75, 3.05) is 5.32 Å². The predicted molar refractivity (Wildman–Crippen MR) is 97.7 cm³/mol. The maximum atomic E-state index is 12.7. The van der Waals surface area contributed by atoms with Crippen LogP contribution in [0.5, 0.6) is 0 Å². The number of carbonyl (C=O) groups is 1. The largest absolute Gasteiger partial charge is 0.343 e. The van der Waals surface area contributed by atoms with Gasteiger partial charge in [0.25, 0.3) is 0 Å². The van der Waals surface area contributed by atoms with Crippen LogP contribution in [0.4, 0.5) is 5.69 Å². The third kappa shape index (κ3) is 4.42. The average molecular weight is 369 g/mol. The molecule has 0 aliphatic rings. The quantitative estimate of drug-likeness (QED) is 0.734. The van der Waals surface area contributed by atoms with Crippen molar-refractivity contribution in [2.45, 2.75) is 44.1 Å². The van der Waals surface area contributed by atoms with Crippen LogP contribution in [0.25, 0.3) is 0 Å². The summed E-state index contributed by atoms with van der Waals surface area (Å²) in [6.45, 7) is 6.46. The number of anilines is 1. The Kier molecular flexibility index (Phi) is 6.51. The van der Waals surface area contributed by atoms with E-state index in [-0.39, 0.29) is 17.5 Å². The van der Waals surface area contributed by atoms with Crippen LogP contribution in [-0.2, 0) is 11.3 Å². The molecule has 0 bridgehead atoms. The van der Waals surface area contributed by atoms with Gasteiger partial charge in [0.15, 0.2) is 5.16 Å². The van der Waals surface area contributed by atoms with E-state index < -0.39 is 5.25 Å². The molecule has 0 aliphatic carbocycles. The summed E-state index contributed by atoms with van der Waals surface area (Å²) in [6.07, 6.45) is 0.811. The van der Waals surface area contributed by atoms with Gasteiger partial charge in [-0.15, -0.1) is 5.10 Å². The molecule has 130 valence electrons. The van der Waals surface area contributed by atoms with Crippen molar-refractivity contribution < 1.29 is 4.79 Å². The van der Waals surface area contributed by atoms with Crippen molar-refractivity contribution in [3.05, 3.63) is 39.8 Å². The summed E-state index contributed by atoms with van der Waals surface area (Å²) >= 11 is 7.38. The zero-order valence-corrected chi connectivity index (χ0v) is 15.4. The van der Waals surface area contributed by atoms with Crippen LogP contribution in [0.2, 0.25) is 5.02 Å². The molecule has 2 aromatic rings. The number of amides is 1. The van der Waals surface area contributed by atoms with Gasteiger partial charge >= 0.3 is 5.69 Å². The first kappa shape index (κ1) is 18.6. The molecule has 2 N–H and O–H groups in total. The number of benzene rings is 1. The highest BCUT2D eigenvalue weighted by Crippen LogP contribution is 2.28. The summed E-state index contributed by atoms with van der Waals surface area (Å²) in [5.41, 5.74) is 0.316. The summed E-state index contributed by atoms with van der Waals surface area (Å²) in [6, 6.07) is 7.09. The molecule has 24 heavy (non-hydrogen) atoms. The number of aromatic amines is 1. The maximum Gasteiger partial charge on any atom is 0.343 e. The Morgan fingerprint density at radius 2 is 2.12 bits per heavy atom. The van der Waals surface area contributed by atoms with Crippen molar-refractivity contribution in [3.63, 3.8) is 0 Å².